The summed E-state index contributed by atoms with van der Waals surface area (Å²) in [6.45, 7) is 8.06. The third-order valence-electron chi connectivity index (χ3n) is 4.69. The summed E-state index contributed by atoms with van der Waals surface area (Å²) in [6, 6.07) is 5.25. The van der Waals surface area contributed by atoms with E-state index < -0.39 is 5.82 Å². The number of nitrogens with zero attached hydrogens (tertiary/aromatic N) is 4. The van der Waals surface area contributed by atoms with E-state index in [1.54, 1.807) is 9.80 Å². The van der Waals surface area contributed by atoms with E-state index in [-0.39, 0.29) is 17.5 Å². The van der Waals surface area contributed by atoms with E-state index in [2.05, 4.69) is 10.2 Å². The molecule has 8 heteroatoms. The minimum absolute atomic E-state index is 0.0876. The van der Waals surface area contributed by atoms with Crippen molar-refractivity contribution < 1.29 is 14.0 Å². The minimum Gasteiger partial charge on any atom is -0.342 e. The van der Waals surface area contributed by atoms with Crippen molar-refractivity contribution in [3.63, 3.8) is 0 Å². The molecule has 0 unspecified atom stereocenters. The monoisotopic (exact) mass is 375 g/mol. The molecule has 27 heavy (non-hydrogen) atoms. The molecule has 0 aliphatic carbocycles. The molecule has 0 atom stereocenters. The van der Waals surface area contributed by atoms with E-state index in [0.717, 1.165) is 19.0 Å². The first-order chi connectivity index (χ1) is 13.0. The number of nitrogens with one attached hydrogen (secondary N) is 1. The lowest BCUT2D eigenvalue weighted by Gasteiger charge is -2.25. The van der Waals surface area contributed by atoms with Gasteiger partial charge in [-0.05, 0) is 38.5 Å². The Kier molecular flexibility index (Phi) is 7.55. The van der Waals surface area contributed by atoms with Crippen molar-refractivity contribution in [1.82, 2.24) is 14.7 Å². The average Bonchev–Trinajstić information content (AvgIpc) is 2.89. The van der Waals surface area contributed by atoms with Crippen LogP contribution in [0.1, 0.15) is 25.8 Å². The van der Waals surface area contributed by atoms with Crippen LogP contribution in [0.4, 0.5) is 14.9 Å². The number of carbonyl (C=O) groups excluding carboxylic acids is 2. The SMILES string of the molecule is CCN(CC)C(=O)CN1CCCN(C(=O)Nc2ccc(F)cc2C#N)CC1. The molecule has 0 aromatic heterocycles. The summed E-state index contributed by atoms with van der Waals surface area (Å²) in [6.07, 6.45) is 0.757. The molecule has 7 nitrogen and oxygen atoms in total. The van der Waals surface area contributed by atoms with Gasteiger partial charge in [-0.15, -0.1) is 0 Å². The Labute approximate surface area is 159 Å². The largest absolute Gasteiger partial charge is 0.342 e. The summed E-state index contributed by atoms with van der Waals surface area (Å²) < 4.78 is 13.2. The number of halogens is 1. The molecule has 146 valence electrons. The lowest BCUT2D eigenvalue weighted by molar-refractivity contribution is -0.132. The van der Waals surface area contributed by atoms with Crippen LogP contribution >= 0.6 is 0 Å². The molecule has 0 saturated carbocycles. The molecular weight excluding hydrogens is 349 g/mol. The van der Waals surface area contributed by atoms with Crippen LogP contribution in [0.2, 0.25) is 0 Å². The highest BCUT2D eigenvalue weighted by Crippen LogP contribution is 2.17. The zero-order valence-corrected chi connectivity index (χ0v) is 15.9. The highest BCUT2D eigenvalue weighted by molar-refractivity contribution is 5.90. The van der Waals surface area contributed by atoms with Gasteiger partial charge in [0.2, 0.25) is 5.91 Å². The number of nitriles is 1. The summed E-state index contributed by atoms with van der Waals surface area (Å²) >= 11 is 0. The van der Waals surface area contributed by atoms with Gasteiger partial charge in [0, 0.05) is 39.3 Å². The Bertz CT molecular complexity index is 715. The van der Waals surface area contributed by atoms with Gasteiger partial charge in [0.25, 0.3) is 0 Å². The molecule has 1 aromatic carbocycles. The van der Waals surface area contributed by atoms with E-state index in [1.165, 1.54) is 12.1 Å². The van der Waals surface area contributed by atoms with Crippen molar-refractivity contribution in [2.24, 2.45) is 0 Å². The maximum Gasteiger partial charge on any atom is 0.321 e. The number of hydrogen-bond acceptors (Lipinski definition) is 4. The second-order valence-corrected chi connectivity index (χ2v) is 6.41. The quantitative estimate of drug-likeness (QED) is 0.855. The van der Waals surface area contributed by atoms with Crippen LogP contribution in [-0.4, -0.2) is 72.5 Å². The maximum absolute atomic E-state index is 13.2. The molecule has 1 aliphatic heterocycles. The fourth-order valence-electron chi connectivity index (χ4n) is 3.11. The Hall–Kier alpha value is -2.66. The normalized spacial score (nSPS) is 15.0. The average molecular weight is 375 g/mol. The lowest BCUT2D eigenvalue weighted by atomic mass is 10.2. The van der Waals surface area contributed by atoms with Crippen LogP contribution in [0.25, 0.3) is 0 Å². The van der Waals surface area contributed by atoms with Gasteiger partial charge in [-0.1, -0.05) is 0 Å². The number of likely N-dealkylation sites (N-methyl/N-ethyl adjacent to an activating group) is 1. The zero-order chi connectivity index (χ0) is 19.8. The second kappa shape index (κ2) is 9.88. The van der Waals surface area contributed by atoms with E-state index in [1.807, 2.05) is 19.9 Å². The molecule has 3 amide bonds. The molecule has 2 rings (SSSR count). The van der Waals surface area contributed by atoms with Gasteiger partial charge in [0.1, 0.15) is 11.9 Å². The standard InChI is InChI=1S/C19H26FN5O2/c1-3-24(4-2)18(26)14-23-8-5-9-25(11-10-23)19(27)22-17-7-6-16(20)12-15(17)13-21/h6-7,12H,3-5,8-11,14H2,1-2H3,(H,22,27). The minimum atomic E-state index is -0.521. The number of rotatable bonds is 5. The summed E-state index contributed by atoms with van der Waals surface area (Å²) in [7, 11) is 0. The number of urea groups is 1. The van der Waals surface area contributed by atoms with Crippen molar-refractivity contribution >= 4 is 17.6 Å². The highest BCUT2D eigenvalue weighted by Gasteiger charge is 2.22. The number of anilines is 1. The Morgan fingerprint density at radius 1 is 1.22 bits per heavy atom. The third kappa shape index (κ3) is 5.66. The third-order valence-corrected chi connectivity index (χ3v) is 4.69. The lowest BCUT2D eigenvalue weighted by Crippen LogP contribution is -2.42. The predicted octanol–water partition coefficient (Wildman–Crippen LogP) is 2.11. The van der Waals surface area contributed by atoms with Crippen molar-refractivity contribution in [1.29, 1.82) is 5.26 Å². The van der Waals surface area contributed by atoms with Crippen LogP contribution in [0, 0.1) is 17.1 Å². The van der Waals surface area contributed by atoms with E-state index in [0.29, 0.717) is 45.0 Å². The van der Waals surface area contributed by atoms with Crippen molar-refractivity contribution in [3.05, 3.63) is 29.6 Å². The van der Waals surface area contributed by atoms with Crippen molar-refractivity contribution in [2.75, 3.05) is 51.1 Å². The number of hydrogen-bond donors (Lipinski definition) is 1. The van der Waals surface area contributed by atoms with Gasteiger partial charge in [0.15, 0.2) is 0 Å². The van der Waals surface area contributed by atoms with Crippen LogP contribution in [0.15, 0.2) is 18.2 Å². The summed E-state index contributed by atoms with van der Waals surface area (Å²) in [5.41, 5.74) is 0.381. The molecule has 1 fully saturated rings. The van der Waals surface area contributed by atoms with E-state index >= 15 is 0 Å². The Balaban J connectivity index is 1.93. The van der Waals surface area contributed by atoms with Gasteiger partial charge in [0.05, 0.1) is 17.8 Å². The molecule has 0 bridgehead atoms. The van der Waals surface area contributed by atoms with Crippen LogP contribution in [0.5, 0.6) is 0 Å². The van der Waals surface area contributed by atoms with Gasteiger partial charge in [-0.3, -0.25) is 9.69 Å². The summed E-state index contributed by atoms with van der Waals surface area (Å²) in [5, 5.41) is 11.8. The number of carbonyl (C=O) groups is 2. The van der Waals surface area contributed by atoms with E-state index in [9.17, 15) is 14.0 Å². The molecule has 1 N–H and O–H groups in total. The van der Waals surface area contributed by atoms with Gasteiger partial charge in [-0.25, -0.2) is 9.18 Å². The van der Waals surface area contributed by atoms with Crippen molar-refractivity contribution in [3.8, 4) is 6.07 Å². The fraction of sp³-hybridized carbons (Fsp3) is 0.526. The first-order valence-electron chi connectivity index (χ1n) is 9.24. The Morgan fingerprint density at radius 3 is 2.63 bits per heavy atom. The zero-order valence-electron chi connectivity index (χ0n) is 15.9. The van der Waals surface area contributed by atoms with Gasteiger partial charge >= 0.3 is 6.03 Å². The van der Waals surface area contributed by atoms with Crippen LogP contribution in [-0.2, 0) is 4.79 Å². The van der Waals surface area contributed by atoms with Gasteiger partial charge in [-0.2, -0.15) is 5.26 Å². The molecule has 0 spiro atoms. The van der Waals surface area contributed by atoms with Gasteiger partial charge < -0.3 is 15.1 Å². The number of amides is 3. The number of benzene rings is 1. The van der Waals surface area contributed by atoms with Crippen molar-refractivity contribution in [2.45, 2.75) is 20.3 Å². The van der Waals surface area contributed by atoms with E-state index in [4.69, 9.17) is 5.26 Å². The van der Waals surface area contributed by atoms with Crippen LogP contribution < -0.4 is 5.32 Å². The molecule has 1 saturated heterocycles. The second-order valence-electron chi connectivity index (χ2n) is 6.41. The summed E-state index contributed by atoms with van der Waals surface area (Å²) in [5.74, 6) is -0.421. The molecule has 1 heterocycles. The topological polar surface area (TPSA) is 79.7 Å². The first kappa shape index (κ1) is 20.6. The smallest absolute Gasteiger partial charge is 0.321 e. The molecular formula is C19H26FN5O2. The summed E-state index contributed by atoms with van der Waals surface area (Å²) in [4.78, 5) is 30.3. The fourth-order valence-corrected chi connectivity index (χ4v) is 3.11. The predicted molar refractivity (Wildman–Crippen MR) is 101 cm³/mol. The van der Waals surface area contributed by atoms with Crippen LogP contribution in [0.3, 0.4) is 0 Å². The molecule has 0 radical (unpaired) electrons. The maximum atomic E-state index is 13.2. The molecule has 1 aromatic rings. The first-order valence-corrected chi connectivity index (χ1v) is 9.24. The Morgan fingerprint density at radius 2 is 1.96 bits per heavy atom. The highest BCUT2D eigenvalue weighted by atomic mass is 19.1. The molecule has 1 aliphatic rings.